The Morgan fingerprint density at radius 1 is 1.07 bits per heavy atom. The molecule has 3 aromatic rings. The fourth-order valence-corrected chi connectivity index (χ4v) is 3.34. The van der Waals surface area contributed by atoms with Gasteiger partial charge in [-0.3, -0.25) is 9.48 Å². The van der Waals surface area contributed by atoms with Crippen LogP contribution in [-0.2, 0) is 11.3 Å². The van der Waals surface area contributed by atoms with Crippen LogP contribution in [0.4, 0.5) is 0 Å². The van der Waals surface area contributed by atoms with Crippen molar-refractivity contribution in [2.75, 3.05) is 0 Å². The molecular weight excluding hydrogens is 381 g/mol. The van der Waals surface area contributed by atoms with E-state index in [0.29, 0.717) is 12.1 Å². The molecule has 1 heterocycles. The second-order valence-electron chi connectivity index (χ2n) is 7.71. The van der Waals surface area contributed by atoms with Gasteiger partial charge in [0.15, 0.2) is 0 Å². The zero-order chi connectivity index (χ0) is 21.7. The van der Waals surface area contributed by atoms with Crippen LogP contribution >= 0.6 is 0 Å². The molecule has 2 aromatic carbocycles. The summed E-state index contributed by atoms with van der Waals surface area (Å²) in [5.74, 6) is -0.788. The lowest BCUT2D eigenvalue weighted by molar-refractivity contribution is -0.122. The Labute approximate surface area is 176 Å². The first kappa shape index (κ1) is 21.6. The number of phenolic OH excluding ortho intramolecular Hbond substituents is 1. The molecule has 0 bridgehead atoms. The summed E-state index contributed by atoms with van der Waals surface area (Å²) in [5, 5.41) is 36.2. The summed E-state index contributed by atoms with van der Waals surface area (Å²) in [6.45, 7) is 3.82. The Balaban J connectivity index is 1.90. The van der Waals surface area contributed by atoms with Gasteiger partial charge in [-0.1, -0.05) is 56.3 Å². The zero-order valence-electron chi connectivity index (χ0n) is 17.1. The third-order valence-electron chi connectivity index (χ3n) is 4.72. The Kier molecular flexibility index (Phi) is 6.92. The molecule has 156 valence electrons. The van der Waals surface area contributed by atoms with Gasteiger partial charge in [0.05, 0.1) is 17.3 Å². The van der Waals surface area contributed by atoms with E-state index in [1.54, 1.807) is 22.9 Å². The van der Waals surface area contributed by atoms with Gasteiger partial charge >= 0.3 is 7.12 Å². The van der Waals surface area contributed by atoms with Crippen LogP contribution in [0.2, 0.25) is 0 Å². The minimum Gasteiger partial charge on any atom is -0.508 e. The largest absolute Gasteiger partial charge is 0.508 e. The van der Waals surface area contributed by atoms with Crippen LogP contribution in [0.25, 0.3) is 22.5 Å². The molecule has 0 radical (unpaired) electrons. The van der Waals surface area contributed by atoms with Gasteiger partial charge in [-0.25, -0.2) is 0 Å². The van der Waals surface area contributed by atoms with Crippen LogP contribution in [0.3, 0.4) is 0 Å². The van der Waals surface area contributed by atoms with Crippen molar-refractivity contribution in [1.29, 1.82) is 0 Å². The lowest BCUT2D eigenvalue weighted by Crippen LogP contribution is -2.48. The third kappa shape index (κ3) is 5.49. The maximum Gasteiger partial charge on any atom is 0.475 e. The molecule has 0 saturated heterocycles. The molecule has 0 saturated carbocycles. The minimum absolute atomic E-state index is 0.0790. The molecular formula is C22H26BN3O4. The van der Waals surface area contributed by atoms with Gasteiger partial charge in [-0.05, 0) is 36.1 Å². The molecule has 0 aliphatic heterocycles. The van der Waals surface area contributed by atoms with Crippen LogP contribution in [0.5, 0.6) is 5.75 Å². The van der Waals surface area contributed by atoms with E-state index in [0.717, 1.165) is 16.8 Å². The number of phenols is 1. The smallest absolute Gasteiger partial charge is 0.475 e. The second kappa shape index (κ2) is 9.60. The van der Waals surface area contributed by atoms with Crippen LogP contribution in [0, 0.1) is 5.92 Å². The predicted octanol–water partition coefficient (Wildman–Crippen LogP) is 2.47. The molecule has 0 spiro atoms. The molecule has 1 unspecified atom stereocenters. The number of carbonyl (C=O) groups excluding carboxylic acids is 1. The maximum atomic E-state index is 12.7. The first-order chi connectivity index (χ1) is 14.3. The highest BCUT2D eigenvalue weighted by molar-refractivity contribution is 6.43. The van der Waals surface area contributed by atoms with Gasteiger partial charge in [-0.2, -0.15) is 5.10 Å². The number of hydrogen-bond acceptors (Lipinski definition) is 5. The molecule has 0 aliphatic rings. The molecule has 0 fully saturated rings. The van der Waals surface area contributed by atoms with E-state index in [-0.39, 0.29) is 24.1 Å². The van der Waals surface area contributed by atoms with Crippen molar-refractivity contribution in [3.63, 3.8) is 0 Å². The maximum absolute atomic E-state index is 12.7. The van der Waals surface area contributed by atoms with Crippen LogP contribution < -0.4 is 5.32 Å². The molecule has 0 aliphatic carbocycles. The SMILES string of the molecule is CC(C)CC(NC(=O)Cn1nc(-c2cccc(O)c2)cc1-c1ccccc1)B(O)O. The van der Waals surface area contributed by atoms with E-state index >= 15 is 0 Å². The Bertz CT molecular complexity index is 989. The van der Waals surface area contributed by atoms with Gasteiger partial charge in [0.2, 0.25) is 5.91 Å². The number of rotatable bonds is 8. The van der Waals surface area contributed by atoms with Crippen LogP contribution in [-0.4, -0.2) is 43.9 Å². The molecule has 1 amide bonds. The quantitative estimate of drug-likeness (QED) is 0.429. The van der Waals surface area contributed by atoms with E-state index in [2.05, 4.69) is 10.4 Å². The number of carbonyl (C=O) groups is 1. The van der Waals surface area contributed by atoms with E-state index in [9.17, 15) is 19.9 Å². The normalized spacial score (nSPS) is 12.0. The van der Waals surface area contributed by atoms with Crippen LogP contribution in [0.1, 0.15) is 20.3 Å². The minimum atomic E-state index is -1.63. The Morgan fingerprint density at radius 3 is 2.40 bits per heavy atom. The number of amides is 1. The van der Waals surface area contributed by atoms with Crippen molar-refractivity contribution in [3.05, 3.63) is 60.7 Å². The summed E-state index contributed by atoms with van der Waals surface area (Å²) < 4.78 is 1.58. The zero-order valence-corrected chi connectivity index (χ0v) is 17.1. The summed E-state index contributed by atoms with van der Waals surface area (Å²) in [7, 11) is -1.63. The van der Waals surface area contributed by atoms with Gasteiger partial charge in [0.25, 0.3) is 0 Å². The van der Waals surface area contributed by atoms with Gasteiger partial charge in [0, 0.05) is 5.56 Å². The van der Waals surface area contributed by atoms with Gasteiger partial charge in [0.1, 0.15) is 12.3 Å². The first-order valence-corrected chi connectivity index (χ1v) is 9.91. The van der Waals surface area contributed by atoms with E-state index in [4.69, 9.17) is 0 Å². The monoisotopic (exact) mass is 407 g/mol. The summed E-state index contributed by atoms with van der Waals surface area (Å²) >= 11 is 0. The van der Waals surface area contributed by atoms with Gasteiger partial charge < -0.3 is 20.5 Å². The number of aromatic hydroxyl groups is 1. The molecule has 30 heavy (non-hydrogen) atoms. The number of hydrogen-bond donors (Lipinski definition) is 4. The molecule has 4 N–H and O–H groups in total. The molecule has 1 aromatic heterocycles. The van der Waals surface area contributed by atoms with E-state index < -0.39 is 13.1 Å². The number of nitrogens with zero attached hydrogens (tertiary/aromatic N) is 2. The topological polar surface area (TPSA) is 108 Å². The summed E-state index contributed by atoms with van der Waals surface area (Å²) in [5.41, 5.74) is 2.99. The molecule has 7 nitrogen and oxygen atoms in total. The first-order valence-electron chi connectivity index (χ1n) is 9.91. The fraction of sp³-hybridized carbons (Fsp3) is 0.273. The fourth-order valence-electron chi connectivity index (χ4n) is 3.34. The number of aromatic nitrogens is 2. The van der Waals surface area contributed by atoms with Crippen molar-refractivity contribution >= 4 is 13.0 Å². The van der Waals surface area contributed by atoms with E-state index in [1.165, 1.54) is 0 Å². The van der Waals surface area contributed by atoms with Crippen molar-refractivity contribution < 1.29 is 19.9 Å². The van der Waals surface area contributed by atoms with Crippen molar-refractivity contribution in [1.82, 2.24) is 15.1 Å². The summed E-state index contributed by atoms with van der Waals surface area (Å²) in [4.78, 5) is 12.7. The number of nitrogens with one attached hydrogen (secondary N) is 1. The van der Waals surface area contributed by atoms with Crippen molar-refractivity contribution in [3.8, 4) is 28.3 Å². The lowest BCUT2D eigenvalue weighted by atomic mass is 9.75. The third-order valence-corrected chi connectivity index (χ3v) is 4.72. The van der Waals surface area contributed by atoms with Gasteiger partial charge in [-0.15, -0.1) is 0 Å². The van der Waals surface area contributed by atoms with E-state index in [1.807, 2.05) is 56.3 Å². The van der Waals surface area contributed by atoms with Crippen LogP contribution in [0.15, 0.2) is 60.7 Å². The highest BCUT2D eigenvalue weighted by atomic mass is 16.4. The summed E-state index contributed by atoms with van der Waals surface area (Å²) in [6.07, 6.45) is 0.447. The Morgan fingerprint density at radius 2 is 1.77 bits per heavy atom. The lowest BCUT2D eigenvalue weighted by Gasteiger charge is -2.20. The average molecular weight is 407 g/mol. The molecule has 8 heteroatoms. The molecule has 3 rings (SSSR count). The van der Waals surface area contributed by atoms with Crippen molar-refractivity contribution in [2.24, 2.45) is 5.92 Å². The Hall–Kier alpha value is -3.10. The highest BCUT2D eigenvalue weighted by Gasteiger charge is 2.26. The highest BCUT2D eigenvalue weighted by Crippen LogP contribution is 2.28. The average Bonchev–Trinajstić information content (AvgIpc) is 3.11. The second-order valence-corrected chi connectivity index (χ2v) is 7.71. The number of benzene rings is 2. The van der Waals surface area contributed by atoms with Crippen molar-refractivity contribution in [2.45, 2.75) is 32.8 Å². The molecule has 1 atom stereocenters. The standard InChI is InChI=1S/C22H26BN3O4/c1-15(2)11-21(23(29)30)24-22(28)14-26-20(16-7-4-3-5-8-16)13-19(25-26)17-9-6-10-18(27)12-17/h3-10,12-13,15,21,27,29-30H,11,14H2,1-2H3,(H,24,28). The summed E-state index contributed by atoms with van der Waals surface area (Å²) in [6, 6.07) is 18.2. The predicted molar refractivity (Wildman–Crippen MR) is 116 cm³/mol.